The highest BCUT2D eigenvalue weighted by molar-refractivity contribution is 5.69. The first-order valence-electron chi connectivity index (χ1n) is 7.89. The van der Waals surface area contributed by atoms with Gasteiger partial charge < -0.3 is 10.7 Å². The summed E-state index contributed by atoms with van der Waals surface area (Å²) >= 11 is 0. The molecule has 3 rings (SSSR count). The smallest absolute Gasteiger partial charge is 0.332 e. The Balaban J connectivity index is 2.09. The Kier molecular flexibility index (Phi) is 4.01. The Bertz CT molecular complexity index is 993. The summed E-state index contributed by atoms with van der Waals surface area (Å²) in [5.74, 6) is 0.842. The molecule has 0 saturated carbocycles. The van der Waals surface area contributed by atoms with Crippen LogP contribution < -0.4 is 17.0 Å². The number of imidazole rings is 1. The number of rotatable bonds is 4. The molecule has 7 nitrogen and oxygen atoms in total. The van der Waals surface area contributed by atoms with E-state index in [-0.39, 0.29) is 17.2 Å². The van der Waals surface area contributed by atoms with E-state index in [0.29, 0.717) is 35.6 Å². The summed E-state index contributed by atoms with van der Waals surface area (Å²) in [6.07, 6.45) is 0.534. The zero-order valence-corrected chi connectivity index (χ0v) is 14.0. The van der Waals surface area contributed by atoms with Gasteiger partial charge in [0.25, 0.3) is 5.56 Å². The number of H-pyrrole nitrogens is 1. The van der Waals surface area contributed by atoms with Gasteiger partial charge in [-0.3, -0.25) is 13.9 Å². The molecule has 0 unspecified atom stereocenters. The van der Waals surface area contributed by atoms with E-state index in [0.717, 1.165) is 5.56 Å². The zero-order chi connectivity index (χ0) is 17.4. The molecule has 0 aliphatic heterocycles. The van der Waals surface area contributed by atoms with Crippen molar-refractivity contribution in [2.24, 2.45) is 13.0 Å². The summed E-state index contributed by atoms with van der Waals surface area (Å²) in [6, 6.07) is 7.48. The molecule has 0 spiro atoms. The van der Waals surface area contributed by atoms with Crippen LogP contribution in [0.2, 0.25) is 0 Å². The lowest BCUT2D eigenvalue weighted by atomic mass is 10.1. The number of aromatic amines is 1. The lowest BCUT2D eigenvalue weighted by molar-refractivity contribution is 0.484. The van der Waals surface area contributed by atoms with Crippen LogP contribution in [0.15, 0.2) is 33.9 Å². The van der Waals surface area contributed by atoms with Gasteiger partial charge in [0.05, 0.1) is 0 Å². The zero-order valence-electron chi connectivity index (χ0n) is 14.0. The van der Waals surface area contributed by atoms with Crippen LogP contribution in [0.1, 0.15) is 25.2 Å². The van der Waals surface area contributed by atoms with E-state index in [9.17, 15) is 9.59 Å². The molecule has 0 bridgehead atoms. The summed E-state index contributed by atoms with van der Waals surface area (Å²) in [4.78, 5) is 32.5. The molecule has 2 heterocycles. The van der Waals surface area contributed by atoms with Crippen LogP contribution in [0.25, 0.3) is 11.2 Å². The second kappa shape index (κ2) is 5.99. The van der Waals surface area contributed by atoms with Crippen LogP contribution in [0.3, 0.4) is 0 Å². The Morgan fingerprint density at radius 3 is 2.50 bits per heavy atom. The predicted octanol–water partition coefficient (Wildman–Crippen LogP) is 1.25. The summed E-state index contributed by atoms with van der Waals surface area (Å²) in [5.41, 5.74) is 7.50. The number of aromatic nitrogens is 4. The standard InChI is InChI=1S/C17H21N5O2/c1-10(2)9-22-16(23)14-15(21(3)17(22)24)20-13(19-14)8-11-4-6-12(18)7-5-11/h4-7,10H,8-9,18H2,1-3H3,(H,19,20). The maximum Gasteiger partial charge on any atom is 0.332 e. The number of hydrogen-bond acceptors (Lipinski definition) is 4. The van der Waals surface area contributed by atoms with Crippen molar-refractivity contribution in [2.45, 2.75) is 26.8 Å². The third kappa shape index (κ3) is 2.84. The fourth-order valence-electron chi connectivity index (χ4n) is 2.74. The molecule has 0 saturated heterocycles. The molecule has 3 aromatic rings. The highest BCUT2D eigenvalue weighted by atomic mass is 16.2. The van der Waals surface area contributed by atoms with Gasteiger partial charge in [-0.15, -0.1) is 0 Å². The average molecular weight is 327 g/mol. The maximum absolute atomic E-state index is 12.6. The topological polar surface area (TPSA) is 98.7 Å². The van der Waals surface area contributed by atoms with E-state index in [4.69, 9.17) is 5.73 Å². The number of aryl methyl sites for hydroxylation is 1. The maximum atomic E-state index is 12.6. The summed E-state index contributed by atoms with van der Waals surface area (Å²) in [7, 11) is 1.63. The molecule has 2 aromatic heterocycles. The molecule has 0 fully saturated rings. The quantitative estimate of drug-likeness (QED) is 0.705. The molecular formula is C17H21N5O2. The molecule has 1 aromatic carbocycles. The fraction of sp³-hybridized carbons (Fsp3) is 0.353. The van der Waals surface area contributed by atoms with Crippen LogP contribution >= 0.6 is 0 Å². The van der Waals surface area contributed by atoms with E-state index in [2.05, 4.69) is 9.97 Å². The first kappa shape index (κ1) is 16.0. The van der Waals surface area contributed by atoms with Crippen LogP contribution in [0.4, 0.5) is 5.69 Å². The number of nitrogens with zero attached hydrogens (tertiary/aromatic N) is 3. The van der Waals surface area contributed by atoms with Crippen molar-refractivity contribution < 1.29 is 0 Å². The first-order valence-corrected chi connectivity index (χ1v) is 7.89. The Morgan fingerprint density at radius 2 is 1.88 bits per heavy atom. The van der Waals surface area contributed by atoms with Gasteiger partial charge >= 0.3 is 5.69 Å². The number of nitrogens with one attached hydrogen (secondary N) is 1. The van der Waals surface area contributed by atoms with Gasteiger partial charge in [-0.25, -0.2) is 9.78 Å². The lowest BCUT2D eigenvalue weighted by Crippen LogP contribution is -2.40. The summed E-state index contributed by atoms with van der Waals surface area (Å²) < 4.78 is 2.68. The van der Waals surface area contributed by atoms with Crippen molar-refractivity contribution >= 4 is 16.9 Å². The number of benzene rings is 1. The minimum Gasteiger partial charge on any atom is -0.399 e. The lowest BCUT2D eigenvalue weighted by Gasteiger charge is -2.09. The molecule has 0 atom stereocenters. The van der Waals surface area contributed by atoms with E-state index in [1.54, 1.807) is 7.05 Å². The number of nitrogen functional groups attached to an aromatic ring is 1. The second-order valence-corrected chi connectivity index (χ2v) is 6.45. The number of hydrogen-bond donors (Lipinski definition) is 2. The second-order valence-electron chi connectivity index (χ2n) is 6.45. The van der Waals surface area contributed by atoms with Crippen LogP contribution in [0.5, 0.6) is 0 Å². The van der Waals surface area contributed by atoms with Crippen molar-refractivity contribution in [2.75, 3.05) is 5.73 Å². The van der Waals surface area contributed by atoms with Gasteiger partial charge in [-0.2, -0.15) is 0 Å². The van der Waals surface area contributed by atoms with Gasteiger partial charge in [0.2, 0.25) is 0 Å². The summed E-state index contributed by atoms with van der Waals surface area (Å²) in [5, 5.41) is 0. The first-order chi connectivity index (χ1) is 11.4. The van der Waals surface area contributed by atoms with E-state index < -0.39 is 0 Å². The molecule has 0 radical (unpaired) electrons. The number of nitrogens with two attached hydrogens (primary N) is 1. The molecule has 0 aliphatic rings. The Labute approximate surface area is 138 Å². The van der Waals surface area contributed by atoms with Crippen molar-refractivity contribution in [3.05, 3.63) is 56.5 Å². The number of fused-ring (bicyclic) bond motifs is 1. The van der Waals surface area contributed by atoms with Crippen LogP contribution in [-0.2, 0) is 20.0 Å². The minimum absolute atomic E-state index is 0.199. The van der Waals surface area contributed by atoms with Crippen LogP contribution in [0, 0.1) is 5.92 Å². The Morgan fingerprint density at radius 1 is 1.21 bits per heavy atom. The monoisotopic (exact) mass is 327 g/mol. The van der Waals surface area contributed by atoms with E-state index >= 15 is 0 Å². The van der Waals surface area contributed by atoms with E-state index in [1.807, 2.05) is 38.1 Å². The number of anilines is 1. The van der Waals surface area contributed by atoms with Gasteiger partial charge in [-0.05, 0) is 23.6 Å². The minimum atomic E-state index is -0.341. The molecule has 24 heavy (non-hydrogen) atoms. The third-order valence-corrected chi connectivity index (χ3v) is 3.93. The highest BCUT2D eigenvalue weighted by Crippen LogP contribution is 2.12. The van der Waals surface area contributed by atoms with Gasteiger partial charge in [-0.1, -0.05) is 26.0 Å². The Hall–Kier alpha value is -2.83. The average Bonchev–Trinajstić information content (AvgIpc) is 2.95. The molecule has 0 amide bonds. The SMILES string of the molecule is CC(C)Cn1c(=O)c2[nH]c(Cc3ccc(N)cc3)nc2n(C)c1=O. The van der Waals surface area contributed by atoms with E-state index in [1.165, 1.54) is 9.13 Å². The third-order valence-electron chi connectivity index (χ3n) is 3.93. The predicted molar refractivity (Wildman–Crippen MR) is 94.1 cm³/mol. The van der Waals surface area contributed by atoms with Crippen molar-refractivity contribution in [1.29, 1.82) is 0 Å². The summed E-state index contributed by atoms with van der Waals surface area (Å²) in [6.45, 7) is 4.32. The van der Waals surface area contributed by atoms with Crippen molar-refractivity contribution in [3.8, 4) is 0 Å². The molecule has 126 valence electrons. The highest BCUT2D eigenvalue weighted by Gasteiger charge is 2.16. The van der Waals surface area contributed by atoms with Crippen molar-refractivity contribution in [3.63, 3.8) is 0 Å². The molecule has 7 heteroatoms. The molecule has 0 aliphatic carbocycles. The molecular weight excluding hydrogens is 306 g/mol. The van der Waals surface area contributed by atoms with Crippen LogP contribution in [-0.4, -0.2) is 19.1 Å². The van der Waals surface area contributed by atoms with Gasteiger partial charge in [0.15, 0.2) is 5.65 Å². The van der Waals surface area contributed by atoms with Gasteiger partial charge in [0.1, 0.15) is 11.3 Å². The normalized spacial score (nSPS) is 11.5. The largest absolute Gasteiger partial charge is 0.399 e. The van der Waals surface area contributed by atoms with Gasteiger partial charge in [0, 0.05) is 25.7 Å². The van der Waals surface area contributed by atoms with Crippen molar-refractivity contribution in [1.82, 2.24) is 19.1 Å². The fourth-order valence-corrected chi connectivity index (χ4v) is 2.74. The molecule has 3 N–H and O–H groups in total.